The Morgan fingerprint density at radius 3 is 1.90 bits per heavy atom. The van der Waals surface area contributed by atoms with Crippen LogP contribution in [0.4, 0.5) is 0 Å². The lowest BCUT2D eigenvalue weighted by Crippen LogP contribution is -2.05. The van der Waals surface area contributed by atoms with E-state index in [9.17, 15) is 0 Å². The van der Waals surface area contributed by atoms with Gasteiger partial charge in [0.15, 0.2) is 0 Å². The zero-order valence-corrected chi connectivity index (χ0v) is 23.1. The van der Waals surface area contributed by atoms with Crippen molar-refractivity contribution in [2.45, 2.75) is 20.8 Å². The molecule has 3 heteroatoms. The van der Waals surface area contributed by atoms with Gasteiger partial charge in [0.05, 0.1) is 17.1 Å². The van der Waals surface area contributed by atoms with E-state index < -0.39 is 0 Å². The second-order valence-corrected chi connectivity index (χ2v) is 11.3. The summed E-state index contributed by atoms with van der Waals surface area (Å²) in [7, 11) is 0. The Balaban J connectivity index is 1.61. The topological polar surface area (TPSA) is 17.8 Å². The van der Waals surface area contributed by atoms with E-state index in [2.05, 4.69) is 141 Å². The lowest BCUT2D eigenvalue weighted by atomic mass is 10.0. The fraction of sp³-hybridized carbons (Fsp3) is 0.0833. The van der Waals surface area contributed by atoms with Gasteiger partial charge in [-0.3, -0.25) is 4.57 Å². The molecular formula is C36H28N2S. The van der Waals surface area contributed by atoms with Crippen molar-refractivity contribution in [3.05, 3.63) is 132 Å². The van der Waals surface area contributed by atoms with Gasteiger partial charge in [0, 0.05) is 36.9 Å². The molecule has 0 saturated heterocycles. The molecule has 0 saturated carbocycles. The number of fused-ring (bicyclic) bond motifs is 3. The molecule has 0 atom stereocenters. The highest BCUT2D eigenvalue weighted by Crippen LogP contribution is 2.42. The SMILES string of the molecule is Cc1cc(C)c(-n2c(-c3ccc4sc5ccccc5c4c3)nc(-c3ccccc3)c2-c2ccccc2)c(C)c1. The van der Waals surface area contributed by atoms with E-state index in [0.717, 1.165) is 33.9 Å². The molecule has 0 bridgehead atoms. The number of imidazole rings is 1. The maximum atomic E-state index is 5.45. The highest BCUT2D eigenvalue weighted by molar-refractivity contribution is 7.25. The fourth-order valence-electron chi connectivity index (χ4n) is 5.88. The minimum Gasteiger partial charge on any atom is -0.291 e. The molecular weight excluding hydrogens is 492 g/mol. The van der Waals surface area contributed by atoms with Crippen molar-refractivity contribution >= 4 is 31.5 Å². The maximum absolute atomic E-state index is 5.45. The Bertz CT molecular complexity index is 1960. The highest BCUT2D eigenvalue weighted by atomic mass is 32.1. The van der Waals surface area contributed by atoms with Crippen molar-refractivity contribution in [1.29, 1.82) is 0 Å². The molecule has 0 fully saturated rings. The number of aromatic nitrogens is 2. The molecule has 0 amide bonds. The summed E-state index contributed by atoms with van der Waals surface area (Å²) in [6.07, 6.45) is 0. The molecule has 2 heterocycles. The number of rotatable bonds is 4. The molecule has 0 radical (unpaired) electrons. The van der Waals surface area contributed by atoms with Gasteiger partial charge in [0.25, 0.3) is 0 Å². The average molecular weight is 521 g/mol. The molecule has 0 N–H and O–H groups in total. The quantitative estimate of drug-likeness (QED) is 0.226. The smallest absolute Gasteiger partial charge is 0.145 e. The number of nitrogens with zero attached hydrogens (tertiary/aromatic N) is 2. The van der Waals surface area contributed by atoms with E-state index in [1.165, 1.54) is 42.6 Å². The first-order valence-corrected chi connectivity index (χ1v) is 14.1. The molecule has 7 aromatic rings. The summed E-state index contributed by atoms with van der Waals surface area (Å²) in [5.74, 6) is 0.958. The maximum Gasteiger partial charge on any atom is 0.145 e. The largest absolute Gasteiger partial charge is 0.291 e. The molecule has 2 aromatic heterocycles. The minimum atomic E-state index is 0.958. The summed E-state index contributed by atoms with van der Waals surface area (Å²) >= 11 is 1.85. The normalized spacial score (nSPS) is 11.5. The van der Waals surface area contributed by atoms with Crippen LogP contribution in [-0.4, -0.2) is 9.55 Å². The molecule has 5 aromatic carbocycles. The van der Waals surface area contributed by atoms with Gasteiger partial charge in [-0.15, -0.1) is 11.3 Å². The second kappa shape index (κ2) is 9.37. The standard InChI is InChI=1S/C36H28N2S/c1-23-20-24(2)34(25(3)21-23)38-35(27-14-8-5-9-15-27)33(26-12-6-4-7-13-26)37-36(38)28-18-19-32-30(22-28)29-16-10-11-17-31(29)39-32/h4-22H,1-3H3. The summed E-state index contributed by atoms with van der Waals surface area (Å²) in [5, 5.41) is 2.58. The summed E-state index contributed by atoms with van der Waals surface area (Å²) in [4.78, 5) is 5.45. The Hall–Kier alpha value is -4.47. The van der Waals surface area contributed by atoms with Gasteiger partial charge in [-0.1, -0.05) is 96.6 Å². The average Bonchev–Trinajstić information content (AvgIpc) is 3.52. The summed E-state index contributed by atoms with van der Waals surface area (Å²) in [5.41, 5.74) is 10.4. The predicted octanol–water partition coefficient (Wildman–Crippen LogP) is 10.2. The molecule has 188 valence electrons. The summed E-state index contributed by atoms with van der Waals surface area (Å²) in [6, 6.07) is 41.3. The predicted molar refractivity (Wildman–Crippen MR) is 167 cm³/mol. The van der Waals surface area contributed by atoms with Crippen LogP contribution in [0.3, 0.4) is 0 Å². The second-order valence-electron chi connectivity index (χ2n) is 10.3. The number of hydrogen-bond donors (Lipinski definition) is 0. The van der Waals surface area contributed by atoms with Crippen LogP contribution in [0.1, 0.15) is 16.7 Å². The van der Waals surface area contributed by atoms with E-state index in [-0.39, 0.29) is 0 Å². The molecule has 0 spiro atoms. The van der Waals surface area contributed by atoms with Gasteiger partial charge in [0.2, 0.25) is 0 Å². The van der Waals surface area contributed by atoms with Crippen LogP contribution in [0.25, 0.3) is 59.8 Å². The molecule has 0 unspecified atom stereocenters. The van der Waals surface area contributed by atoms with Crippen molar-refractivity contribution in [2.75, 3.05) is 0 Å². The van der Waals surface area contributed by atoms with Crippen molar-refractivity contribution in [3.8, 4) is 39.6 Å². The lowest BCUT2D eigenvalue weighted by Gasteiger charge is -2.19. The molecule has 0 aliphatic rings. The van der Waals surface area contributed by atoms with E-state index in [1.807, 2.05) is 11.3 Å². The third kappa shape index (κ3) is 3.98. The number of thiophene rings is 1. The van der Waals surface area contributed by atoms with E-state index in [0.29, 0.717) is 0 Å². The van der Waals surface area contributed by atoms with Crippen LogP contribution in [0.15, 0.2) is 115 Å². The molecule has 2 nitrogen and oxygen atoms in total. The van der Waals surface area contributed by atoms with Gasteiger partial charge in [-0.25, -0.2) is 4.98 Å². The summed E-state index contributed by atoms with van der Waals surface area (Å²) < 4.78 is 5.01. The third-order valence-electron chi connectivity index (χ3n) is 7.47. The zero-order chi connectivity index (χ0) is 26.5. The van der Waals surface area contributed by atoms with Crippen molar-refractivity contribution < 1.29 is 0 Å². The summed E-state index contributed by atoms with van der Waals surface area (Å²) in [6.45, 7) is 6.60. The van der Waals surface area contributed by atoms with E-state index in [4.69, 9.17) is 4.98 Å². The van der Waals surface area contributed by atoms with Crippen LogP contribution in [0, 0.1) is 20.8 Å². The lowest BCUT2D eigenvalue weighted by molar-refractivity contribution is 1.03. The Labute approximate surface area is 232 Å². The highest BCUT2D eigenvalue weighted by Gasteiger charge is 2.24. The number of hydrogen-bond acceptors (Lipinski definition) is 2. The monoisotopic (exact) mass is 520 g/mol. The van der Waals surface area contributed by atoms with Gasteiger partial charge in [-0.2, -0.15) is 0 Å². The van der Waals surface area contributed by atoms with Gasteiger partial charge >= 0.3 is 0 Å². The Kier molecular flexibility index (Phi) is 5.68. The fourth-order valence-corrected chi connectivity index (χ4v) is 6.97. The van der Waals surface area contributed by atoms with Crippen LogP contribution in [0.2, 0.25) is 0 Å². The number of benzene rings is 5. The van der Waals surface area contributed by atoms with Gasteiger partial charge in [0.1, 0.15) is 5.82 Å². The first kappa shape index (κ1) is 23.6. The molecule has 7 rings (SSSR count). The van der Waals surface area contributed by atoms with Crippen LogP contribution < -0.4 is 0 Å². The van der Waals surface area contributed by atoms with Gasteiger partial charge < -0.3 is 0 Å². The first-order valence-electron chi connectivity index (χ1n) is 13.3. The minimum absolute atomic E-state index is 0.958. The van der Waals surface area contributed by atoms with E-state index >= 15 is 0 Å². The van der Waals surface area contributed by atoms with Gasteiger partial charge in [-0.05, 0) is 56.2 Å². The molecule has 0 aliphatic heterocycles. The van der Waals surface area contributed by atoms with Crippen molar-refractivity contribution in [2.24, 2.45) is 0 Å². The van der Waals surface area contributed by atoms with Crippen molar-refractivity contribution in [1.82, 2.24) is 9.55 Å². The Morgan fingerprint density at radius 2 is 1.18 bits per heavy atom. The number of aryl methyl sites for hydroxylation is 3. The molecule has 0 aliphatic carbocycles. The van der Waals surface area contributed by atoms with Crippen LogP contribution >= 0.6 is 11.3 Å². The first-order chi connectivity index (χ1) is 19.1. The third-order valence-corrected chi connectivity index (χ3v) is 8.62. The van der Waals surface area contributed by atoms with Crippen LogP contribution in [-0.2, 0) is 0 Å². The molecule has 39 heavy (non-hydrogen) atoms. The van der Waals surface area contributed by atoms with Crippen molar-refractivity contribution in [3.63, 3.8) is 0 Å². The zero-order valence-electron chi connectivity index (χ0n) is 22.3. The van der Waals surface area contributed by atoms with Crippen LogP contribution in [0.5, 0.6) is 0 Å². The Morgan fingerprint density at radius 1 is 0.564 bits per heavy atom. The van der Waals surface area contributed by atoms with E-state index in [1.54, 1.807) is 0 Å².